The summed E-state index contributed by atoms with van der Waals surface area (Å²) in [5, 5.41) is 3.28. The molecule has 0 saturated heterocycles. The molecule has 0 bridgehead atoms. The van der Waals surface area contributed by atoms with E-state index < -0.39 is 0 Å². The largest absolute Gasteiger partial charge is 0.396 e. The van der Waals surface area contributed by atoms with Crippen LogP contribution >= 0.6 is 0 Å². The lowest BCUT2D eigenvalue weighted by Crippen LogP contribution is -2.29. The van der Waals surface area contributed by atoms with Gasteiger partial charge < -0.3 is 16.0 Å². The van der Waals surface area contributed by atoms with Gasteiger partial charge in [0.2, 0.25) is 0 Å². The molecule has 0 atom stereocenters. The fourth-order valence-electron chi connectivity index (χ4n) is 3.07. The van der Waals surface area contributed by atoms with E-state index in [0.29, 0.717) is 17.3 Å². The Morgan fingerprint density at radius 2 is 1.97 bits per heavy atom. The molecule has 0 saturated carbocycles. The number of nitrogens with one attached hydrogen (secondary N) is 1. The first-order valence-corrected chi connectivity index (χ1v) is 10.0. The van der Waals surface area contributed by atoms with Crippen molar-refractivity contribution in [1.82, 2.24) is 15.0 Å². The predicted octanol–water partition coefficient (Wildman–Crippen LogP) is 5.09. The highest BCUT2D eigenvalue weighted by atomic mass is 15.3. The van der Waals surface area contributed by atoms with Crippen molar-refractivity contribution in [1.29, 1.82) is 0 Å². The summed E-state index contributed by atoms with van der Waals surface area (Å²) in [6.07, 6.45) is 9.85. The van der Waals surface area contributed by atoms with E-state index in [4.69, 9.17) is 10.7 Å². The van der Waals surface area contributed by atoms with Crippen molar-refractivity contribution in [3.05, 3.63) is 73.5 Å². The summed E-state index contributed by atoms with van der Waals surface area (Å²) in [7, 11) is 0. The van der Waals surface area contributed by atoms with Crippen molar-refractivity contribution in [2.45, 2.75) is 32.6 Å². The first-order chi connectivity index (χ1) is 14.2. The lowest BCUT2D eigenvalue weighted by atomic mass is 10.1. The fourth-order valence-corrected chi connectivity index (χ4v) is 3.07. The van der Waals surface area contributed by atoms with Crippen LogP contribution in [0.4, 0.5) is 17.3 Å². The molecule has 0 unspecified atom stereocenters. The summed E-state index contributed by atoms with van der Waals surface area (Å²) in [5.41, 5.74) is 8.71. The van der Waals surface area contributed by atoms with Gasteiger partial charge in [0.05, 0.1) is 11.4 Å². The molecule has 29 heavy (non-hydrogen) atoms. The summed E-state index contributed by atoms with van der Waals surface area (Å²) in [5.74, 6) is 2.12. The van der Waals surface area contributed by atoms with Gasteiger partial charge in [0.15, 0.2) is 5.82 Å². The van der Waals surface area contributed by atoms with Crippen LogP contribution in [-0.4, -0.2) is 21.5 Å². The summed E-state index contributed by atoms with van der Waals surface area (Å²) in [4.78, 5) is 15.4. The minimum absolute atomic E-state index is 0.608. The van der Waals surface area contributed by atoms with Gasteiger partial charge in [-0.05, 0) is 42.8 Å². The predicted molar refractivity (Wildman–Crippen MR) is 120 cm³/mol. The van der Waals surface area contributed by atoms with Gasteiger partial charge in [-0.2, -0.15) is 0 Å². The molecule has 3 heterocycles. The third kappa shape index (κ3) is 5.54. The van der Waals surface area contributed by atoms with Gasteiger partial charge >= 0.3 is 0 Å². The number of rotatable bonds is 10. The van der Waals surface area contributed by atoms with Gasteiger partial charge in [-0.1, -0.05) is 38.8 Å². The summed E-state index contributed by atoms with van der Waals surface area (Å²) in [6.45, 7) is 7.21. The van der Waals surface area contributed by atoms with Crippen LogP contribution in [0, 0.1) is 0 Å². The normalized spacial score (nSPS) is 10.5. The lowest BCUT2D eigenvalue weighted by molar-refractivity contribution is 0.660. The van der Waals surface area contributed by atoms with E-state index in [9.17, 15) is 0 Å². The average Bonchev–Trinajstić information content (AvgIpc) is 2.76. The number of unbranched alkanes of at least 4 members (excludes halogenated alkanes) is 3. The Morgan fingerprint density at radius 3 is 2.69 bits per heavy atom. The van der Waals surface area contributed by atoms with E-state index in [1.54, 1.807) is 18.6 Å². The minimum Gasteiger partial charge on any atom is -0.396 e. The highest BCUT2D eigenvalue weighted by Crippen LogP contribution is 2.28. The SMILES string of the molecule is C=C(Nc1ccccn1)N(CCCCCC)c1nc(-c2cccnc2)ccc1N. The minimum atomic E-state index is 0.608. The summed E-state index contributed by atoms with van der Waals surface area (Å²) < 4.78 is 0. The molecule has 3 aromatic rings. The summed E-state index contributed by atoms with van der Waals surface area (Å²) in [6, 6.07) is 13.4. The monoisotopic (exact) mass is 388 g/mol. The molecule has 0 spiro atoms. The molecule has 0 fully saturated rings. The molecule has 0 aromatic carbocycles. The van der Waals surface area contributed by atoms with Crippen LogP contribution < -0.4 is 16.0 Å². The molecule has 0 aliphatic rings. The van der Waals surface area contributed by atoms with Crippen LogP contribution in [0.25, 0.3) is 11.3 Å². The molecular formula is C23H28N6. The standard InChI is InChI=1S/C23H28N6/c1-3-4-5-8-16-29(18(2)27-22-11-6-7-15-26-22)23-20(24)12-13-21(28-23)19-10-9-14-25-17-19/h6-7,9-15,17H,2-5,8,16,24H2,1H3,(H,26,27). The number of anilines is 3. The topological polar surface area (TPSA) is 80.0 Å². The van der Waals surface area contributed by atoms with E-state index in [2.05, 4.69) is 28.8 Å². The molecule has 3 rings (SSSR count). The van der Waals surface area contributed by atoms with Crippen molar-refractivity contribution >= 4 is 17.3 Å². The second-order valence-electron chi connectivity index (χ2n) is 6.85. The molecule has 3 N–H and O–H groups in total. The maximum absolute atomic E-state index is 6.33. The molecule has 150 valence electrons. The van der Waals surface area contributed by atoms with Crippen LogP contribution in [0.15, 0.2) is 73.5 Å². The third-order valence-corrected chi connectivity index (χ3v) is 4.62. The van der Waals surface area contributed by atoms with E-state index in [0.717, 1.165) is 36.5 Å². The first kappa shape index (κ1) is 20.3. The zero-order valence-corrected chi connectivity index (χ0v) is 16.9. The Labute approximate surface area is 172 Å². The van der Waals surface area contributed by atoms with Crippen molar-refractivity contribution in [2.75, 3.05) is 22.5 Å². The molecule has 6 heteroatoms. The van der Waals surface area contributed by atoms with E-state index in [-0.39, 0.29) is 0 Å². The highest BCUT2D eigenvalue weighted by Gasteiger charge is 2.17. The molecule has 0 aliphatic carbocycles. The van der Waals surface area contributed by atoms with Gasteiger partial charge in [0, 0.05) is 30.7 Å². The maximum Gasteiger partial charge on any atom is 0.158 e. The number of aromatic nitrogens is 3. The Balaban J connectivity index is 1.89. The number of pyridine rings is 3. The highest BCUT2D eigenvalue weighted by molar-refractivity contribution is 5.72. The van der Waals surface area contributed by atoms with Crippen molar-refractivity contribution in [2.24, 2.45) is 0 Å². The number of nitrogens with two attached hydrogens (primary N) is 1. The van der Waals surface area contributed by atoms with Crippen LogP contribution in [0.1, 0.15) is 32.6 Å². The van der Waals surface area contributed by atoms with Gasteiger partial charge in [0.25, 0.3) is 0 Å². The molecule has 3 aromatic heterocycles. The van der Waals surface area contributed by atoms with E-state index in [1.165, 1.54) is 12.8 Å². The Kier molecular flexibility index (Phi) is 7.16. The quantitative estimate of drug-likeness (QED) is 0.471. The lowest BCUT2D eigenvalue weighted by Gasteiger charge is -2.28. The molecule has 6 nitrogen and oxygen atoms in total. The molecule has 0 radical (unpaired) electrons. The van der Waals surface area contributed by atoms with Crippen LogP contribution in [0.5, 0.6) is 0 Å². The molecule has 0 amide bonds. The van der Waals surface area contributed by atoms with Gasteiger partial charge in [-0.25, -0.2) is 9.97 Å². The number of hydrogen-bond donors (Lipinski definition) is 2. The average molecular weight is 389 g/mol. The number of nitrogen functional groups attached to an aromatic ring is 1. The zero-order chi connectivity index (χ0) is 20.5. The van der Waals surface area contributed by atoms with Gasteiger partial charge in [-0.3, -0.25) is 4.98 Å². The van der Waals surface area contributed by atoms with E-state index >= 15 is 0 Å². The third-order valence-electron chi connectivity index (χ3n) is 4.62. The second-order valence-corrected chi connectivity index (χ2v) is 6.85. The Morgan fingerprint density at radius 1 is 1.07 bits per heavy atom. The van der Waals surface area contributed by atoms with E-state index in [1.807, 2.05) is 47.4 Å². The number of nitrogens with zero attached hydrogens (tertiary/aromatic N) is 4. The zero-order valence-electron chi connectivity index (χ0n) is 16.9. The fraction of sp³-hybridized carbons (Fsp3) is 0.261. The van der Waals surface area contributed by atoms with Crippen molar-refractivity contribution in [3.63, 3.8) is 0 Å². The number of hydrogen-bond acceptors (Lipinski definition) is 6. The molecular weight excluding hydrogens is 360 g/mol. The van der Waals surface area contributed by atoms with Crippen LogP contribution in [-0.2, 0) is 0 Å². The van der Waals surface area contributed by atoms with Crippen molar-refractivity contribution in [3.8, 4) is 11.3 Å². The Hall–Kier alpha value is -3.41. The van der Waals surface area contributed by atoms with Crippen LogP contribution in [0.2, 0.25) is 0 Å². The first-order valence-electron chi connectivity index (χ1n) is 10.0. The van der Waals surface area contributed by atoms with Crippen molar-refractivity contribution < 1.29 is 0 Å². The summed E-state index contributed by atoms with van der Waals surface area (Å²) >= 11 is 0. The second kappa shape index (κ2) is 10.2. The Bertz CT molecular complexity index is 911. The maximum atomic E-state index is 6.33. The van der Waals surface area contributed by atoms with Gasteiger partial charge in [0.1, 0.15) is 11.6 Å². The van der Waals surface area contributed by atoms with Crippen LogP contribution in [0.3, 0.4) is 0 Å². The smallest absolute Gasteiger partial charge is 0.158 e. The molecule has 0 aliphatic heterocycles. The van der Waals surface area contributed by atoms with Gasteiger partial charge in [-0.15, -0.1) is 0 Å².